The zero-order valence-corrected chi connectivity index (χ0v) is 19.9. The SMILES string of the molecule is CC(=O)OC1CC2(O)C3CCC4CC(O)CCC4(C)C3C(O)C(=O)C2(C)C1c1ccc(=O)oc1. The molecule has 10 atom stereocenters. The van der Waals surface area contributed by atoms with E-state index in [1.54, 1.807) is 6.92 Å². The van der Waals surface area contributed by atoms with Gasteiger partial charge >= 0.3 is 11.6 Å². The van der Waals surface area contributed by atoms with Crippen molar-refractivity contribution in [2.24, 2.45) is 28.6 Å². The highest BCUT2D eigenvalue weighted by molar-refractivity contribution is 5.93. The number of hydrogen-bond donors (Lipinski definition) is 3. The largest absolute Gasteiger partial charge is 0.462 e. The number of esters is 1. The van der Waals surface area contributed by atoms with E-state index in [-0.39, 0.29) is 29.8 Å². The first-order chi connectivity index (χ1) is 15.9. The molecule has 4 saturated carbocycles. The van der Waals surface area contributed by atoms with Crippen molar-refractivity contribution in [2.45, 2.75) is 89.1 Å². The summed E-state index contributed by atoms with van der Waals surface area (Å²) >= 11 is 0. The number of ether oxygens (including phenoxy) is 1. The second-order valence-corrected chi connectivity index (χ2v) is 11.5. The Kier molecular flexibility index (Phi) is 5.39. The van der Waals surface area contributed by atoms with Gasteiger partial charge in [0.15, 0.2) is 5.78 Å². The molecule has 0 spiro atoms. The zero-order chi connectivity index (χ0) is 24.6. The summed E-state index contributed by atoms with van der Waals surface area (Å²) in [4.78, 5) is 37.7. The van der Waals surface area contributed by atoms with E-state index in [9.17, 15) is 29.7 Å². The van der Waals surface area contributed by atoms with Gasteiger partial charge in [-0.1, -0.05) is 6.92 Å². The van der Waals surface area contributed by atoms with Crippen molar-refractivity contribution < 1.29 is 34.1 Å². The van der Waals surface area contributed by atoms with Crippen LogP contribution in [0, 0.1) is 28.6 Å². The van der Waals surface area contributed by atoms with Crippen LogP contribution in [-0.4, -0.2) is 51.0 Å². The van der Waals surface area contributed by atoms with Crippen LogP contribution in [0.25, 0.3) is 0 Å². The minimum absolute atomic E-state index is 0.0653. The van der Waals surface area contributed by atoms with E-state index < -0.39 is 52.4 Å². The molecule has 4 aliphatic rings. The highest BCUT2D eigenvalue weighted by atomic mass is 16.5. The molecule has 0 aliphatic heterocycles. The van der Waals surface area contributed by atoms with Gasteiger partial charge in [-0.15, -0.1) is 0 Å². The van der Waals surface area contributed by atoms with Gasteiger partial charge in [0.25, 0.3) is 0 Å². The topological polar surface area (TPSA) is 134 Å². The van der Waals surface area contributed by atoms with E-state index in [1.807, 2.05) is 0 Å². The monoisotopic (exact) mass is 474 g/mol. The van der Waals surface area contributed by atoms with Crippen LogP contribution in [0.5, 0.6) is 0 Å². The lowest BCUT2D eigenvalue weighted by Crippen LogP contribution is -2.70. The Morgan fingerprint density at radius 2 is 1.88 bits per heavy atom. The molecular weight excluding hydrogens is 440 g/mol. The summed E-state index contributed by atoms with van der Waals surface area (Å²) in [7, 11) is 0. The maximum absolute atomic E-state index is 14.1. The van der Waals surface area contributed by atoms with Crippen LogP contribution in [0.2, 0.25) is 0 Å². The third-order valence-corrected chi connectivity index (χ3v) is 10.1. The van der Waals surface area contributed by atoms with Gasteiger partial charge in [-0.2, -0.15) is 0 Å². The van der Waals surface area contributed by atoms with Crippen molar-refractivity contribution in [2.75, 3.05) is 0 Å². The predicted octanol–water partition coefficient (Wildman–Crippen LogP) is 1.93. The van der Waals surface area contributed by atoms with Crippen LogP contribution >= 0.6 is 0 Å². The van der Waals surface area contributed by atoms with E-state index in [0.717, 1.165) is 6.42 Å². The number of aliphatic hydroxyl groups excluding tert-OH is 2. The summed E-state index contributed by atoms with van der Waals surface area (Å²) in [5.74, 6) is -2.42. The first-order valence-electron chi connectivity index (χ1n) is 12.3. The molecule has 3 N–H and O–H groups in total. The number of fused-ring (bicyclic) bond motifs is 5. The third kappa shape index (κ3) is 3.04. The molecule has 34 heavy (non-hydrogen) atoms. The molecule has 0 bridgehead atoms. The molecule has 8 heteroatoms. The molecule has 5 rings (SSSR count). The average molecular weight is 475 g/mol. The highest BCUT2D eigenvalue weighted by Crippen LogP contribution is 2.69. The van der Waals surface area contributed by atoms with Crippen LogP contribution in [0.3, 0.4) is 0 Å². The maximum Gasteiger partial charge on any atom is 0.335 e. The summed E-state index contributed by atoms with van der Waals surface area (Å²) in [5.41, 5.74) is -3.41. The molecule has 186 valence electrons. The summed E-state index contributed by atoms with van der Waals surface area (Å²) in [6.45, 7) is 5.04. The molecule has 4 aliphatic carbocycles. The number of hydrogen-bond acceptors (Lipinski definition) is 8. The maximum atomic E-state index is 14.1. The fraction of sp³-hybridized carbons (Fsp3) is 0.731. The molecule has 1 heterocycles. The van der Waals surface area contributed by atoms with Crippen molar-refractivity contribution in [3.63, 3.8) is 0 Å². The number of carbonyl (C=O) groups excluding carboxylic acids is 2. The molecule has 0 aromatic carbocycles. The lowest BCUT2D eigenvalue weighted by atomic mass is 9.42. The first kappa shape index (κ1) is 23.7. The van der Waals surface area contributed by atoms with E-state index in [2.05, 4.69) is 6.92 Å². The van der Waals surface area contributed by atoms with E-state index >= 15 is 0 Å². The van der Waals surface area contributed by atoms with Crippen molar-refractivity contribution in [1.82, 2.24) is 0 Å². The van der Waals surface area contributed by atoms with Crippen molar-refractivity contribution in [3.05, 3.63) is 34.4 Å². The Morgan fingerprint density at radius 1 is 1.15 bits per heavy atom. The number of aliphatic hydroxyl groups is 3. The minimum Gasteiger partial charge on any atom is -0.462 e. The summed E-state index contributed by atoms with van der Waals surface area (Å²) < 4.78 is 10.7. The number of rotatable bonds is 2. The zero-order valence-electron chi connectivity index (χ0n) is 19.9. The number of ketones is 1. The van der Waals surface area contributed by atoms with Crippen LogP contribution in [-0.2, 0) is 14.3 Å². The van der Waals surface area contributed by atoms with Crippen molar-refractivity contribution in [3.8, 4) is 0 Å². The van der Waals surface area contributed by atoms with Crippen molar-refractivity contribution in [1.29, 1.82) is 0 Å². The lowest BCUT2D eigenvalue weighted by molar-refractivity contribution is -0.228. The van der Waals surface area contributed by atoms with Gasteiger partial charge < -0.3 is 24.5 Å². The molecule has 10 unspecified atom stereocenters. The van der Waals surface area contributed by atoms with Crippen LogP contribution < -0.4 is 5.63 Å². The molecule has 8 nitrogen and oxygen atoms in total. The summed E-state index contributed by atoms with van der Waals surface area (Å²) in [5, 5.41) is 34.2. The third-order valence-electron chi connectivity index (χ3n) is 10.1. The average Bonchev–Trinajstić information content (AvgIpc) is 3.00. The van der Waals surface area contributed by atoms with Gasteiger partial charge in [0.1, 0.15) is 12.2 Å². The summed E-state index contributed by atoms with van der Waals surface area (Å²) in [6.07, 6.45) is 2.17. The predicted molar refractivity (Wildman–Crippen MR) is 120 cm³/mol. The Hall–Kier alpha value is -2.03. The first-order valence-corrected chi connectivity index (χ1v) is 12.3. The standard InChI is InChI=1S/C26H34O8/c1-13(27)34-18-11-26(32)17-6-5-15-10-16(28)8-9-24(15,2)21(17)22(30)23(31)25(26,3)20(18)14-4-7-19(29)33-12-14/h4,7,12,15-18,20-22,28,30,32H,5-6,8-11H2,1-3H3. The van der Waals surface area contributed by atoms with Crippen molar-refractivity contribution >= 4 is 11.8 Å². The smallest absolute Gasteiger partial charge is 0.335 e. The second kappa shape index (κ2) is 7.73. The Balaban J connectivity index is 1.64. The Labute approximate surface area is 198 Å². The van der Waals surface area contributed by atoms with Crippen LogP contribution in [0.15, 0.2) is 27.6 Å². The van der Waals surface area contributed by atoms with E-state index in [1.165, 1.54) is 25.3 Å². The fourth-order valence-electron chi connectivity index (χ4n) is 8.49. The molecule has 0 amide bonds. The lowest BCUT2D eigenvalue weighted by Gasteiger charge is -2.63. The number of carbonyl (C=O) groups is 2. The van der Waals surface area contributed by atoms with Gasteiger partial charge in [-0.05, 0) is 67.9 Å². The van der Waals surface area contributed by atoms with Gasteiger partial charge in [0.2, 0.25) is 0 Å². The number of Topliss-reactive ketones (excluding diaryl/α,β-unsaturated/α-hetero) is 1. The molecule has 0 radical (unpaired) electrons. The Morgan fingerprint density at radius 3 is 2.53 bits per heavy atom. The molecular formula is C26H34O8. The normalized spacial score (nSPS) is 47.9. The molecule has 4 fully saturated rings. The van der Waals surface area contributed by atoms with E-state index in [4.69, 9.17) is 9.15 Å². The highest BCUT2D eigenvalue weighted by Gasteiger charge is 2.76. The molecule has 0 saturated heterocycles. The van der Waals surface area contributed by atoms with Crippen LogP contribution in [0.4, 0.5) is 0 Å². The van der Waals surface area contributed by atoms with Gasteiger partial charge in [0.05, 0.1) is 23.4 Å². The fourth-order valence-corrected chi connectivity index (χ4v) is 8.49. The minimum atomic E-state index is -1.51. The van der Waals surface area contributed by atoms with Gasteiger partial charge in [-0.25, -0.2) is 4.79 Å². The quantitative estimate of drug-likeness (QED) is 0.554. The van der Waals surface area contributed by atoms with Gasteiger partial charge in [0, 0.05) is 31.2 Å². The van der Waals surface area contributed by atoms with Crippen LogP contribution in [0.1, 0.15) is 70.8 Å². The molecule has 1 aromatic rings. The second-order valence-electron chi connectivity index (χ2n) is 11.5. The summed E-state index contributed by atoms with van der Waals surface area (Å²) in [6, 6.07) is 2.78. The van der Waals surface area contributed by atoms with Gasteiger partial charge in [-0.3, -0.25) is 9.59 Å². The van der Waals surface area contributed by atoms with E-state index in [0.29, 0.717) is 31.2 Å². The Bertz CT molecular complexity index is 1040. The molecule has 1 aromatic heterocycles.